The minimum atomic E-state index is -0.703. The van der Waals surface area contributed by atoms with Crippen LogP contribution >= 0.6 is 39.1 Å². The smallest absolute Gasteiger partial charge is 0.243 e. The summed E-state index contributed by atoms with van der Waals surface area (Å²) < 4.78 is 0.908. The number of nitrogens with zero attached hydrogens (tertiary/aromatic N) is 1. The van der Waals surface area contributed by atoms with Crippen molar-refractivity contribution in [1.82, 2.24) is 10.2 Å². The van der Waals surface area contributed by atoms with Crippen LogP contribution < -0.4 is 5.32 Å². The zero-order valence-electron chi connectivity index (χ0n) is 20.0. The highest BCUT2D eigenvalue weighted by atomic mass is 79.9. The zero-order valence-corrected chi connectivity index (χ0v) is 23.1. The van der Waals surface area contributed by atoms with Gasteiger partial charge in [-0.25, -0.2) is 0 Å². The Bertz CT molecular complexity index is 1180. The Hall–Kier alpha value is -2.34. The van der Waals surface area contributed by atoms with Crippen molar-refractivity contribution in [2.75, 3.05) is 0 Å². The summed E-state index contributed by atoms with van der Waals surface area (Å²) in [6.07, 6.45) is 0.489. The van der Waals surface area contributed by atoms with Crippen LogP contribution in [0.2, 0.25) is 10.0 Å². The van der Waals surface area contributed by atoms with Crippen LogP contribution in [0.15, 0.2) is 77.3 Å². The molecule has 4 nitrogen and oxygen atoms in total. The molecule has 0 radical (unpaired) electrons. The molecule has 0 fully saturated rings. The third-order valence-corrected chi connectivity index (χ3v) is 6.58. The van der Waals surface area contributed by atoms with Crippen molar-refractivity contribution < 1.29 is 9.59 Å². The van der Waals surface area contributed by atoms with Crippen LogP contribution in [0.5, 0.6) is 0 Å². The average molecular weight is 576 g/mol. The van der Waals surface area contributed by atoms with Gasteiger partial charge < -0.3 is 10.2 Å². The van der Waals surface area contributed by atoms with Gasteiger partial charge in [0.25, 0.3) is 0 Å². The fourth-order valence-corrected chi connectivity index (χ4v) is 4.53. The second-order valence-electron chi connectivity index (χ2n) is 9.52. The molecule has 0 aromatic heterocycles. The number of carbonyl (C=O) groups excluding carboxylic acids is 2. The maximum atomic E-state index is 13.8. The highest BCUT2D eigenvalue weighted by Crippen LogP contribution is 2.24. The predicted octanol–water partition coefficient (Wildman–Crippen LogP) is 6.85. The Morgan fingerprint density at radius 2 is 1.57 bits per heavy atom. The van der Waals surface area contributed by atoms with Crippen LogP contribution in [0, 0.1) is 0 Å². The number of nitrogens with one attached hydrogen (secondary N) is 1. The molecule has 0 spiro atoms. The topological polar surface area (TPSA) is 49.4 Å². The lowest BCUT2D eigenvalue weighted by Gasteiger charge is -2.34. The second-order valence-corrected chi connectivity index (χ2v) is 11.3. The SMILES string of the molecule is CC(C)(C)NC(=O)[C@H](Cc1ccccc1)N(Cc1cccc(Br)c1)C(=O)Cc1ccc(Cl)c(Cl)c1. The molecule has 3 aromatic carbocycles. The number of hydrogen-bond acceptors (Lipinski definition) is 2. The predicted molar refractivity (Wildman–Crippen MR) is 147 cm³/mol. The Labute approximate surface area is 225 Å². The number of hydrogen-bond donors (Lipinski definition) is 1. The van der Waals surface area contributed by atoms with Gasteiger partial charge in [-0.2, -0.15) is 0 Å². The Morgan fingerprint density at radius 3 is 2.20 bits per heavy atom. The van der Waals surface area contributed by atoms with E-state index in [9.17, 15) is 9.59 Å². The molecule has 1 N–H and O–H groups in total. The molecule has 7 heteroatoms. The molecular weight excluding hydrogens is 547 g/mol. The Kier molecular flexibility index (Phi) is 9.40. The molecule has 0 aliphatic heterocycles. The summed E-state index contributed by atoms with van der Waals surface area (Å²) in [5.74, 6) is -0.368. The molecule has 0 unspecified atom stereocenters. The molecule has 0 aliphatic rings. The first-order valence-corrected chi connectivity index (χ1v) is 12.9. The number of benzene rings is 3. The van der Waals surface area contributed by atoms with Gasteiger partial charge in [-0.05, 0) is 61.7 Å². The molecule has 0 heterocycles. The van der Waals surface area contributed by atoms with Gasteiger partial charge in [0.05, 0.1) is 16.5 Å². The van der Waals surface area contributed by atoms with Gasteiger partial charge in [0.15, 0.2) is 0 Å². The first kappa shape index (κ1) is 27.3. The van der Waals surface area contributed by atoms with Crippen LogP contribution in [0.4, 0.5) is 0 Å². The lowest BCUT2D eigenvalue weighted by Crippen LogP contribution is -2.54. The summed E-state index contributed by atoms with van der Waals surface area (Å²) in [4.78, 5) is 29.0. The quantitative estimate of drug-likeness (QED) is 0.319. The highest BCUT2D eigenvalue weighted by Gasteiger charge is 2.32. The standard InChI is InChI=1S/C28H29BrCl2N2O2/c1-28(2,3)32-27(35)25(16-19-8-5-4-6-9-19)33(18-21-10-7-11-22(29)14-21)26(34)17-20-12-13-23(30)24(31)15-20/h4-15,25H,16-18H2,1-3H3,(H,32,35)/t25-/m0/s1. The van der Waals surface area contributed by atoms with Crippen molar-refractivity contribution in [2.45, 2.75) is 51.7 Å². The summed E-state index contributed by atoms with van der Waals surface area (Å²) in [7, 11) is 0. The maximum absolute atomic E-state index is 13.8. The van der Waals surface area contributed by atoms with E-state index < -0.39 is 11.6 Å². The summed E-state index contributed by atoms with van der Waals surface area (Å²) in [6, 6.07) is 22.0. The van der Waals surface area contributed by atoms with E-state index in [0.717, 1.165) is 21.2 Å². The molecule has 35 heavy (non-hydrogen) atoms. The largest absolute Gasteiger partial charge is 0.350 e. The molecule has 0 saturated heterocycles. The van der Waals surface area contributed by atoms with Gasteiger partial charge in [0.1, 0.15) is 6.04 Å². The van der Waals surface area contributed by atoms with E-state index in [4.69, 9.17) is 23.2 Å². The normalized spacial score (nSPS) is 12.2. The van der Waals surface area contributed by atoms with Gasteiger partial charge in [0.2, 0.25) is 11.8 Å². The molecule has 3 rings (SSSR count). The van der Waals surface area contributed by atoms with Crippen molar-refractivity contribution in [2.24, 2.45) is 0 Å². The molecule has 0 aliphatic carbocycles. The van der Waals surface area contributed by atoms with Crippen molar-refractivity contribution in [3.05, 3.63) is 104 Å². The molecule has 1 atom stereocenters. The molecular formula is C28H29BrCl2N2O2. The number of rotatable bonds is 8. The summed E-state index contributed by atoms with van der Waals surface area (Å²) in [6.45, 7) is 6.08. The zero-order chi connectivity index (χ0) is 25.6. The van der Waals surface area contributed by atoms with E-state index in [1.807, 2.05) is 75.4 Å². The van der Waals surface area contributed by atoms with E-state index in [-0.39, 0.29) is 24.8 Å². The van der Waals surface area contributed by atoms with Gasteiger partial charge in [-0.1, -0.05) is 87.7 Å². The monoisotopic (exact) mass is 574 g/mol. The average Bonchev–Trinajstić information content (AvgIpc) is 2.78. The van der Waals surface area contributed by atoms with Crippen LogP contribution in [0.1, 0.15) is 37.5 Å². The van der Waals surface area contributed by atoms with Gasteiger partial charge in [0, 0.05) is 23.0 Å². The molecule has 0 saturated carbocycles. The number of amides is 2. The fraction of sp³-hybridized carbons (Fsp3) is 0.286. The Morgan fingerprint density at radius 1 is 0.886 bits per heavy atom. The number of halogens is 3. The van der Waals surface area contributed by atoms with E-state index in [0.29, 0.717) is 16.5 Å². The summed E-state index contributed by atoms with van der Waals surface area (Å²) in [5.41, 5.74) is 2.19. The van der Waals surface area contributed by atoms with Crippen molar-refractivity contribution in [3.8, 4) is 0 Å². The van der Waals surface area contributed by atoms with Gasteiger partial charge in [-0.15, -0.1) is 0 Å². The van der Waals surface area contributed by atoms with Crippen LogP contribution in [0.3, 0.4) is 0 Å². The van der Waals surface area contributed by atoms with Crippen molar-refractivity contribution >= 4 is 50.9 Å². The Balaban J connectivity index is 2.00. The minimum absolute atomic E-state index is 0.0962. The molecule has 2 amide bonds. The highest BCUT2D eigenvalue weighted by molar-refractivity contribution is 9.10. The first-order chi connectivity index (χ1) is 16.5. The van der Waals surface area contributed by atoms with E-state index >= 15 is 0 Å². The van der Waals surface area contributed by atoms with Crippen LogP contribution in [-0.2, 0) is 29.0 Å². The third-order valence-electron chi connectivity index (χ3n) is 5.35. The fourth-order valence-electron chi connectivity index (χ4n) is 3.76. The van der Waals surface area contributed by atoms with Crippen LogP contribution in [-0.4, -0.2) is 28.3 Å². The lowest BCUT2D eigenvalue weighted by atomic mass is 10.00. The van der Waals surface area contributed by atoms with E-state index in [1.54, 1.807) is 23.1 Å². The van der Waals surface area contributed by atoms with E-state index in [2.05, 4.69) is 21.2 Å². The van der Waals surface area contributed by atoms with Crippen molar-refractivity contribution in [3.63, 3.8) is 0 Å². The molecule has 184 valence electrons. The van der Waals surface area contributed by atoms with Crippen molar-refractivity contribution in [1.29, 1.82) is 0 Å². The van der Waals surface area contributed by atoms with Crippen LogP contribution in [0.25, 0.3) is 0 Å². The summed E-state index contributed by atoms with van der Waals surface area (Å²) in [5, 5.41) is 3.89. The van der Waals surface area contributed by atoms with E-state index in [1.165, 1.54) is 0 Å². The first-order valence-electron chi connectivity index (χ1n) is 11.4. The third kappa shape index (κ3) is 8.38. The number of carbonyl (C=O) groups is 2. The lowest BCUT2D eigenvalue weighted by molar-refractivity contribution is -0.141. The second kappa shape index (κ2) is 12.1. The maximum Gasteiger partial charge on any atom is 0.243 e. The molecule has 0 bridgehead atoms. The van der Waals surface area contributed by atoms with Gasteiger partial charge >= 0.3 is 0 Å². The minimum Gasteiger partial charge on any atom is -0.350 e. The molecule has 3 aromatic rings. The van der Waals surface area contributed by atoms with Gasteiger partial charge in [-0.3, -0.25) is 9.59 Å². The summed E-state index contributed by atoms with van der Waals surface area (Å²) >= 11 is 15.8.